The molecular weight excluding hydrogens is 256 g/mol. The molecule has 4 nitrogen and oxygen atoms in total. The Balaban J connectivity index is 2.30. The molecular formula is C11H13ClN4S. The Bertz CT molecular complexity index is 500. The Hall–Kier alpha value is -1.33. The van der Waals surface area contributed by atoms with Gasteiger partial charge in [-0.25, -0.2) is 4.98 Å². The molecule has 2 rings (SSSR count). The first kappa shape index (κ1) is 12.1. The predicted molar refractivity (Wildman–Crippen MR) is 72.6 cm³/mol. The number of nitrogens with zero attached hydrogens (tertiary/aromatic N) is 3. The molecule has 90 valence electrons. The van der Waals surface area contributed by atoms with Crippen molar-refractivity contribution < 1.29 is 0 Å². The first-order valence-electron chi connectivity index (χ1n) is 5.14. The van der Waals surface area contributed by atoms with Gasteiger partial charge in [0.25, 0.3) is 0 Å². The maximum atomic E-state index is 5.86. The fourth-order valence-corrected chi connectivity index (χ4v) is 2.50. The second-order valence-corrected chi connectivity index (χ2v) is 5.04. The van der Waals surface area contributed by atoms with Gasteiger partial charge in [-0.3, -0.25) is 0 Å². The summed E-state index contributed by atoms with van der Waals surface area (Å²) >= 11 is 7.49. The van der Waals surface area contributed by atoms with Crippen LogP contribution in [0.1, 0.15) is 17.8 Å². The lowest BCUT2D eigenvalue weighted by molar-refractivity contribution is 0.742. The van der Waals surface area contributed by atoms with Crippen molar-refractivity contribution in [3.8, 4) is 0 Å². The minimum atomic E-state index is 0.197. The molecule has 0 bridgehead atoms. The molecule has 0 spiro atoms. The summed E-state index contributed by atoms with van der Waals surface area (Å²) < 4.78 is 0. The second kappa shape index (κ2) is 4.89. The Labute approximate surface area is 109 Å². The number of rotatable bonds is 3. The van der Waals surface area contributed by atoms with Crippen LogP contribution in [0.4, 0.5) is 11.5 Å². The van der Waals surface area contributed by atoms with Gasteiger partial charge in [0.1, 0.15) is 0 Å². The minimum absolute atomic E-state index is 0.197. The zero-order chi connectivity index (χ0) is 12.4. The maximum absolute atomic E-state index is 5.86. The summed E-state index contributed by atoms with van der Waals surface area (Å²) in [4.78, 5) is 11.3. The number of nitrogens with two attached hydrogens (primary N) is 1. The number of hydrogen-bond donors (Lipinski definition) is 1. The summed E-state index contributed by atoms with van der Waals surface area (Å²) in [6.45, 7) is 2.10. The fraction of sp³-hybridized carbons (Fsp3) is 0.273. The lowest BCUT2D eigenvalue weighted by Gasteiger charge is -2.26. The SMILES string of the molecule is CC(c1cccs1)N(C)c1nc(Cl)ncc1N. The molecule has 0 aliphatic heterocycles. The summed E-state index contributed by atoms with van der Waals surface area (Å²) in [5.74, 6) is 0.658. The van der Waals surface area contributed by atoms with Gasteiger partial charge in [0.15, 0.2) is 5.82 Å². The van der Waals surface area contributed by atoms with Crippen molar-refractivity contribution in [2.24, 2.45) is 0 Å². The van der Waals surface area contributed by atoms with Gasteiger partial charge in [-0.05, 0) is 30.0 Å². The molecule has 0 saturated heterocycles. The molecule has 0 fully saturated rings. The second-order valence-electron chi connectivity index (χ2n) is 3.72. The van der Waals surface area contributed by atoms with Crippen molar-refractivity contribution in [1.82, 2.24) is 9.97 Å². The van der Waals surface area contributed by atoms with Gasteiger partial charge in [-0.2, -0.15) is 4.98 Å². The summed E-state index contributed by atoms with van der Waals surface area (Å²) in [5.41, 5.74) is 6.39. The van der Waals surface area contributed by atoms with Crippen LogP contribution in [0.3, 0.4) is 0 Å². The topological polar surface area (TPSA) is 55.0 Å². The van der Waals surface area contributed by atoms with Crippen LogP contribution in [0.15, 0.2) is 23.7 Å². The van der Waals surface area contributed by atoms with Crippen LogP contribution in [-0.2, 0) is 0 Å². The molecule has 0 aliphatic rings. The number of halogens is 1. The van der Waals surface area contributed by atoms with E-state index in [0.717, 1.165) is 0 Å². The third kappa shape index (κ3) is 2.50. The van der Waals surface area contributed by atoms with Gasteiger partial charge >= 0.3 is 0 Å². The number of thiophene rings is 1. The molecule has 1 atom stereocenters. The van der Waals surface area contributed by atoms with E-state index in [1.165, 1.54) is 11.1 Å². The molecule has 0 saturated carbocycles. The Morgan fingerprint density at radius 3 is 2.94 bits per heavy atom. The third-order valence-electron chi connectivity index (χ3n) is 2.64. The molecule has 2 heterocycles. The van der Waals surface area contributed by atoms with Crippen molar-refractivity contribution >= 4 is 34.4 Å². The normalized spacial score (nSPS) is 12.4. The van der Waals surface area contributed by atoms with Crippen LogP contribution in [0, 0.1) is 0 Å². The summed E-state index contributed by atoms with van der Waals surface area (Å²) in [6, 6.07) is 4.31. The predicted octanol–water partition coefficient (Wildman–Crippen LogP) is 2.97. The molecule has 0 aromatic carbocycles. The molecule has 0 aliphatic carbocycles. The van der Waals surface area contributed by atoms with E-state index in [4.69, 9.17) is 17.3 Å². The average Bonchev–Trinajstić information content (AvgIpc) is 2.84. The molecule has 6 heteroatoms. The van der Waals surface area contributed by atoms with E-state index in [1.807, 2.05) is 18.0 Å². The van der Waals surface area contributed by atoms with Crippen molar-refractivity contribution in [1.29, 1.82) is 0 Å². The molecule has 2 aromatic heterocycles. The Morgan fingerprint density at radius 1 is 1.53 bits per heavy atom. The van der Waals surface area contributed by atoms with E-state index < -0.39 is 0 Å². The van der Waals surface area contributed by atoms with E-state index in [1.54, 1.807) is 11.3 Å². The Kier molecular flexibility index (Phi) is 3.49. The van der Waals surface area contributed by atoms with Gasteiger partial charge in [0.05, 0.1) is 17.9 Å². The number of hydrogen-bond acceptors (Lipinski definition) is 5. The highest BCUT2D eigenvalue weighted by Crippen LogP contribution is 2.30. The summed E-state index contributed by atoms with van der Waals surface area (Å²) in [5, 5.41) is 2.26. The summed E-state index contributed by atoms with van der Waals surface area (Å²) in [7, 11) is 1.94. The lowest BCUT2D eigenvalue weighted by atomic mass is 10.2. The molecule has 1 unspecified atom stereocenters. The number of aromatic nitrogens is 2. The lowest BCUT2D eigenvalue weighted by Crippen LogP contribution is -2.23. The third-order valence-corrected chi connectivity index (χ3v) is 3.86. The van der Waals surface area contributed by atoms with Gasteiger partial charge < -0.3 is 10.6 Å². The van der Waals surface area contributed by atoms with Crippen LogP contribution >= 0.6 is 22.9 Å². The van der Waals surface area contributed by atoms with Crippen LogP contribution in [0.25, 0.3) is 0 Å². The first-order chi connectivity index (χ1) is 8.09. The highest BCUT2D eigenvalue weighted by Gasteiger charge is 2.17. The summed E-state index contributed by atoms with van der Waals surface area (Å²) in [6.07, 6.45) is 1.53. The zero-order valence-electron chi connectivity index (χ0n) is 9.59. The smallest absolute Gasteiger partial charge is 0.224 e. The number of nitrogen functional groups attached to an aromatic ring is 1. The van der Waals surface area contributed by atoms with Gasteiger partial charge in [-0.15, -0.1) is 11.3 Å². The van der Waals surface area contributed by atoms with Crippen molar-refractivity contribution in [3.05, 3.63) is 33.9 Å². The fourth-order valence-electron chi connectivity index (χ4n) is 1.55. The highest BCUT2D eigenvalue weighted by molar-refractivity contribution is 7.10. The minimum Gasteiger partial charge on any atom is -0.394 e. The van der Waals surface area contributed by atoms with Crippen LogP contribution in [0.2, 0.25) is 5.28 Å². The van der Waals surface area contributed by atoms with Crippen molar-refractivity contribution in [2.45, 2.75) is 13.0 Å². The molecule has 0 radical (unpaired) electrons. The maximum Gasteiger partial charge on any atom is 0.224 e. The number of anilines is 2. The van der Waals surface area contributed by atoms with E-state index in [-0.39, 0.29) is 11.3 Å². The van der Waals surface area contributed by atoms with E-state index >= 15 is 0 Å². The Morgan fingerprint density at radius 2 is 2.29 bits per heavy atom. The van der Waals surface area contributed by atoms with E-state index in [9.17, 15) is 0 Å². The first-order valence-corrected chi connectivity index (χ1v) is 6.39. The van der Waals surface area contributed by atoms with Crippen molar-refractivity contribution in [3.63, 3.8) is 0 Å². The van der Waals surface area contributed by atoms with E-state index in [2.05, 4.69) is 28.3 Å². The monoisotopic (exact) mass is 268 g/mol. The van der Waals surface area contributed by atoms with Crippen LogP contribution in [0.5, 0.6) is 0 Å². The quantitative estimate of drug-likeness (QED) is 0.870. The van der Waals surface area contributed by atoms with Crippen molar-refractivity contribution in [2.75, 3.05) is 17.7 Å². The van der Waals surface area contributed by atoms with Gasteiger partial charge in [0, 0.05) is 11.9 Å². The average molecular weight is 269 g/mol. The zero-order valence-corrected chi connectivity index (χ0v) is 11.2. The standard InChI is InChI=1S/C11H13ClN4S/c1-7(9-4-3-5-17-9)16(2)10-8(13)6-14-11(12)15-10/h3-7H,13H2,1-2H3. The van der Waals surface area contributed by atoms with Crippen LogP contribution < -0.4 is 10.6 Å². The van der Waals surface area contributed by atoms with E-state index in [0.29, 0.717) is 11.5 Å². The molecule has 2 N–H and O–H groups in total. The van der Waals surface area contributed by atoms with Gasteiger partial charge in [-0.1, -0.05) is 6.07 Å². The van der Waals surface area contributed by atoms with Crippen LogP contribution in [-0.4, -0.2) is 17.0 Å². The van der Waals surface area contributed by atoms with Gasteiger partial charge in [0.2, 0.25) is 5.28 Å². The molecule has 17 heavy (non-hydrogen) atoms. The largest absolute Gasteiger partial charge is 0.394 e. The molecule has 0 amide bonds. The molecule has 2 aromatic rings. The highest BCUT2D eigenvalue weighted by atomic mass is 35.5.